The van der Waals surface area contributed by atoms with Crippen molar-refractivity contribution in [3.63, 3.8) is 0 Å². The van der Waals surface area contributed by atoms with Crippen molar-refractivity contribution in [1.29, 1.82) is 0 Å². The summed E-state index contributed by atoms with van der Waals surface area (Å²) < 4.78 is 5.67. The molecular weight excluding hydrogens is 448 g/mol. The maximum atomic E-state index is 14.2. The molecule has 0 radical (unpaired) electrons. The molecule has 3 aromatic carbocycles. The Morgan fingerprint density at radius 1 is 0.889 bits per heavy atom. The molecule has 1 amide bonds. The van der Waals surface area contributed by atoms with Crippen molar-refractivity contribution in [3.05, 3.63) is 131 Å². The van der Waals surface area contributed by atoms with E-state index in [1.807, 2.05) is 97.9 Å². The third-order valence-electron chi connectivity index (χ3n) is 7.07. The molecule has 36 heavy (non-hydrogen) atoms. The maximum Gasteiger partial charge on any atom is 0.259 e. The van der Waals surface area contributed by atoms with Gasteiger partial charge in [0.15, 0.2) is 5.78 Å². The molecule has 5 nitrogen and oxygen atoms in total. The quantitative estimate of drug-likeness (QED) is 0.355. The Morgan fingerprint density at radius 2 is 1.64 bits per heavy atom. The van der Waals surface area contributed by atoms with Crippen LogP contribution in [0.25, 0.3) is 0 Å². The standard InChI is InChI=1S/C31H26N2O3/c1-20-13-15-22(16-14-20)31(35)33-26-11-6-5-10-24(26)32-25-18-23(28-12-7-17-36-28)19-27(34)29(25)30(33)21-8-3-2-4-9-21/h2-17,23,30,32H,18-19H2,1H3/t23-,30-/m1/s1. The Labute approximate surface area is 210 Å². The first-order valence-corrected chi connectivity index (χ1v) is 12.2. The first-order valence-electron chi connectivity index (χ1n) is 12.2. The van der Waals surface area contributed by atoms with Crippen LogP contribution in [0.5, 0.6) is 0 Å². The first-order chi connectivity index (χ1) is 17.6. The second-order valence-electron chi connectivity index (χ2n) is 9.43. The van der Waals surface area contributed by atoms with Gasteiger partial charge in [0, 0.05) is 29.2 Å². The number of carbonyl (C=O) groups is 2. The summed E-state index contributed by atoms with van der Waals surface area (Å²) in [6, 6.07) is 28.4. The lowest BCUT2D eigenvalue weighted by Crippen LogP contribution is -2.38. The molecule has 2 heterocycles. The summed E-state index contributed by atoms with van der Waals surface area (Å²) in [6.45, 7) is 2.00. The van der Waals surface area contributed by atoms with Gasteiger partial charge < -0.3 is 9.73 Å². The molecule has 178 valence electrons. The third-order valence-corrected chi connectivity index (χ3v) is 7.07. The lowest BCUT2D eigenvalue weighted by molar-refractivity contribution is -0.116. The van der Waals surface area contributed by atoms with E-state index >= 15 is 0 Å². The van der Waals surface area contributed by atoms with Crippen molar-refractivity contribution in [1.82, 2.24) is 0 Å². The zero-order chi connectivity index (χ0) is 24.6. The van der Waals surface area contributed by atoms with Gasteiger partial charge in [-0.2, -0.15) is 0 Å². The van der Waals surface area contributed by atoms with Crippen LogP contribution in [0.1, 0.15) is 52.0 Å². The second kappa shape index (κ2) is 9.00. The van der Waals surface area contributed by atoms with Gasteiger partial charge in [0.2, 0.25) is 0 Å². The molecule has 1 aromatic heterocycles. The molecule has 0 saturated heterocycles. The van der Waals surface area contributed by atoms with Crippen molar-refractivity contribution in [2.24, 2.45) is 0 Å². The predicted octanol–water partition coefficient (Wildman–Crippen LogP) is 6.80. The lowest BCUT2D eigenvalue weighted by Gasteiger charge is -2.35. The Morgan fingerprint density at radius 3 is 2.39 bits per heavy atom. The van der Waals surface area contributed by atoms with Crippen LogP contribution in [0.2, 0.25) is 0 Å². The highest BCUT2D eigenvalue weighted by Crippen LogP contribution is 2.47. The molecule has 1 aliphatic carbocycles. The normalized spacial score (nSPS) is 19.2. The number of nitrogens with zero attached hydrogens (tertiary/aromatic N) is 1. The Kier molecular flexibility index (Phi) is 5.53. The number of aryl methyl sites for hydroxylation is 1. The molecule has 2 atom stereocenters. The fourth-order valence-electron chi connectivity index (χ4n) is 5.32. The van der Waals surface area contributed by atoms with Gasteiger partial charge in [-0.15, -0.1) is 0 Å². The van der Waals surface area contributed by atoms with Gasteiger partial charge in [0.05, 0.1) is 23.7 Å². The van der Waals surface area contributed by atoms with Gasteiger partial charge in [-0.1, -0.05) is 60.2 Å². The number of allylic oxidation sites excluding steroid dienone is 1. The van der Waals surface area contributed by atoms with Crippen LogP contribution in [0.4, 0.5) is 11.4 Å². The van der Waals surface area contributed by atoms with E-state index in [0.717, 1.165) is 34.0 Å². The molecule has 5 heteroatoms. The van der Waals surface area contributed by atoms with Gasteiger partial charge in [-0.05, 0) is 55.3 Å². The Bertz CT molecular complexity index is 1450. The summed E-state index contributed by atoms with van der Waals surface area (Å²) >= 11 is 0. The van der Waals surface area contributed by atoms with Crippen molar-refractivity contribution in [2.45, 2.75) is 31.7 Å². The smallest absolute Gasteiger partial charge is 0.259 e. The monoisotopic (exact) mass is 474 g/mol. The van der Waals surface area contributed by atoms with E-state index in [0.29, 0.717) is 24.0 Å². The highest BCUT2D eigenvalue weighted by molar-refractivity contribution is 6.12. The minimum Gasteiger partial charge on any atom is -0.469 e. The van der Waals surface area contributed by atoms with Gasteiger partial charge in [-0.25, -0.2) is 0 Å². The topological polar surface area (TPSA) is 62.6 Å². The number of anilines is 2. The summed E-state index contributed by atoms with van der Waals surface area (Å²) in [6.07, 6.45) is 2.60. The van der Waals surface area contributed by atoms with Crippen molar-refractivity contribution < 1.29 is 14.0 Å². The molecule has 1 N–H and O–H groups in total. The first kappa shape index (κ1) is 22.1. The fraction of sp³-hybridized carbons (Fsp3) is 0.161. The second-order valence-corrected chi connectivity index (χ2v) is 9.43. The molecule has 0 fully saturated rings. The number of para-hydroxylation sites is 2. The van der Waals surface area contributed by atoms with E-state index in [1.165, 1.54) is 0 Å². The Balaban J connectivity index is 1.56. The number of ketones is 1. The van der Waals surface area contributed by atoms with Crippen LogP contribution < -0.4 is 10.2 Å². The summed E-state index contributed by atoms with van der Waals surface area (Å²) in [5, 5.41) is 3.55. The largest absolute Gasteiger partial charge is 0.469 e. The zero-order valence-corrected chi connectivity index (χ0v) is 20.0. The number of Topliss-reactive ketones (excluding diaryl/α,β-unsaturated/α-hetero) is 1. The fourth-order valence-corrected chi connectivity index (χ4v) is 5.32. The highest BCUT2D eigenvalue weighted by atomic mass is 16.3. The zero-order valence-electron chi connectivity index (χ0n) is 20.0. The number of benzene rings is 3. The predicted molar refractivity (Wildman–Crippen MR) is 140 cm³/mol. The van der Waals surface area contributed by atoms with Crippen LogP contribution in [-0.4, -0.2) is 11.7 Å². The van der Waals surface area contributed by atoms with Crippen LogP contribution in [0.15, 0.2) is 113 Å². The average Bonchev–Trinajstić information content (AvgIpc) is 3.39. The molecule has 4 aromatic rings. The molecule has 0 saturated carbocycles. The molecule has 2 aliphatic rings. The number of hydrogen-bond donors (Lipinski definition) is 1. The van der Waals surface area contributed by atoms with E-state index in [1.54, 1.807) is 11.2 Å². The maximum absolute atomic E-state index is 14.2. The molecule has 0 bridgehead atoms. The van der Waals surface area contributed by atoms with E-state index in [-0.39, 0.29) is 17.6 Å². The van der Waals surface area contributed by atoms with Gasteiger partial charge in [0.1, 0.15) is 5.76 Å². The average molecular weight is 475 g/mol. The minimum absolute atomic E-state index is 0.0218. The van der Waals surface area contributed by atoms with E-state index in [4.69, 9.17) is 4.42 Å². The highest BCUT2D eigenvalue weighted by Gasteiger charge is 2.42. The van der Waals surface area contributed by atoms with E-state index < -0.39 is 6.04 Å². The number of fused-ring (bicyclic) bond motifs is 1. The van der Waals surface area contributed by atoms with Crippen molar-refractivity contribution in [2.75, 3.05) is 10.2 Å². The number of amides is 1. The van der Waals surface area contributed by atoms with Crippen LogP contribution in [0, 0.1) is 6.92 Å². The number of carbonyl (C=O) groups excluding carboxylic acids is 2. The molecule has 6 rings (SSSR count). The number of nitrogens with one attached hydrogen (secondary N) is 1. The van der Waals surface area contributed by atoms with Gasteiger partial charge >= 0.3 is 0 Å². The van der Waals surface area contributed by atoms with E-state index in [9.17, 15) is 9.59 Å². The van der Waals surface area contributed by atoms with Gasteiger partial charge in [-0.3, -0.25) is 14.5 Å². The molecular formula is C31H26N2O3. The SMILES string of the molecule is Cc1ccc(C(=O)N2c3ccccc3NC3=C(C(=O)C[C@H](c4ccco4)C3)[C@H]2c2ccccc2)cc1. The number of hydrogen-bond acceptors (Lipinski definition) is 4. The molecule has 1 aliphatic heterocycles. The number of furan rings is 1. The molecule has 0 unspecified atom stereocenters. The minimum atomic E-state index is -0.559. The number of rotatable bonds is 3. The third kappa shape index (κ3) is 3.83. The Hall–Kier alpha value is -4.38. The van der Waals surface area contributed by atoms with Crippen molar-refractivity contribution >= 4 is 23.1 Å². The summed E-state index contributed by atoms with van der Waals surface area (Å²) in [4.78, 5) is 29.9. The van der Waals surface area contributed by atoms with Crippen LogP contribution >= 0.6 is 0 Å². The van der Waals surface area contributed by atoms with E-state index in [2.05, 4.69) is 5.32 Å². The summed E-state index contributed by atoms with van der Waals surface area (Å²) in [5.74, 6) is 0.626. The van der Waals surface area contributed by atoms with Gasteiger partial charge in [0.25, 0.3) is 5.91 Å². The van der Waals surface area contributed by atoms with Crippen molar-refractivity contribution in [3.8, 4) is 0 Å². The summed E-state index contributed by atoms with van der Waals surface area (Å²) in [7, 11) is 0. The van der Waals surface area contributed by atoms with Crippen LogP contribution in [0.3, 0.4) is 0 Å². The summed E-state index contributed by atoms with van der Waals surface area (Å²) in [5.41, 5.74) is 5.59. The van der Waals surface area contributed by atoms with Crippen LogP contribution in [-0.2, 0) is 4.79 Å². The lowest BCUT2D eigenvalue weighted by atomic mass is 9.80. The molecule has 0 spiro atoms.